The van der Waals surface area contributed by atoms with Gasteiger partial charge in [-0.2, -0.15) is 0 Å². The minimum Gasteiger partial charge on any atom is -0.370 e. The van der Waals surface area contributed by atoms with E-state index in [0.29, 0.717) is 12.8 Å². The van der Waals surface area contributed by atoms with E-state index in [9.17, 15) is 4.79 Å². The maximum atomic E-state index is 10.3. The molecule has 2 N–H and O–H groups in total. The number of aryl methyl sites for hydroxylation is 1. The van der Waals surface area contributed by atoms with E-state index in [4.69, 9.17) is 5.73 Å². The first-order chi connectivity index (χ1) is 4.79. The molecule has 1 rings (SSSR count). The van der Waals surface area contributed by atoms with Crippen molar-refractivity contribution < 1.29 is 4.79 Å². The van der Waals surface area contributed by atoms with Gasteiger partial charge in [0.1, 0.15) is 10.5 Å². The van der Waals surface area contributed by atoms with Crippen LogP contribution in [0.2, 0.25) is 0 Å². The van der Waals surface area contributed by atoms with Crippen LogP contribution in [0.3, 0.4) is 0 Å². The number of carbonyl (C=O) groups is 1. The van der Waals surface area contributed by atoms with E-state index in [1.54, 1.807) is 5.51 Å². The van der Waals surface area contributed by atoms with Gasteiger partial charge in [0.25, 0.3) is 0 Å². The van der Waals surface area contributed by atoms with Crippen LogP contribution in [0.1, 0.15) is 11.4 Å². The number of carbonyl (C=O) groups excluding carboxylic acids is 1. The number of primary amides is 1. The van der Waals surface area contributed by atoms with E-state index >= 15 is 0 Å². The summed E-state index contributed by atoms with van der Waals surface area (Å²) < 4.78 is 0. The second-order valence-corrected chi connectivity index (χ2v) is 2.72. The molecule has 0 saturated carbocycles. The highest BCUT2D eigenvalue weighted by molar-refractivity contribution is 7.09. The van der Waals surface area contributed by atoms with E-state index in [-0.39, 0.29) is 5.91 Å². The molecule has 0 aliphatic heterocycles. The topological polar surface area (TPSA) is 68.9 Å². The zero-order valence-corrected chi connectivity index (χ0v) is 6.10. The standard InChI is InChI=1S/C5H7N3OS/c6-4(9)1-2-5-8-7-3-10-5/h3H,1-2H2,(H2,6,9). The first-order valence-corrected chi connectivity index (χ1v) is 3.70. The van der Waals surface area contributed by atoms with Gasteiger partial charge in [0.15, 0.2) is 0 Å². The highest BCUT2D eigenvalue weighted by atomic mass is 32.1. The largest absolute Gasteiger partial charge is 0.370 e. The molecule has 0 radical (unpaired) electrons. The van der Waals surface area contributed by atoms with E-state index in [1.807, 2.05) is 0 Å². The Bertz CT molecular complexity index is 209. The van der Waals surface area contributed by atoms with Crippen molar-refractivity contribution in [2.75, 3.05) is 0 Å². The molecule has 5 heteroatoms. The Hall–Kier alpha value is -0.970. The van der Waals surface area contributed by atoms with Crippen molar-refractivity contribution in [2.45, 2.75) is 12.8 Å². The number of rotatable bonds is 3. The van der Waals surface area contributed by atoms with Crippen molar-refractivity contribution in [1.82, 2.24) is 10.2 Å². The van der Waals surface area contributed by atoms with Crippen LogP contribution in [-0.2, 0) is 11.2 Å². The Labute approximate surface area is 62.1 Å². The zero-order valence-electron chi connectivity index (χ0n) is 5.28. The lowest BCUT2D eigenvalue weighted by Gasteiger charge is -1.88. The van der Waals surface area contributed by atoms with E-state index in [2.05, 4.69) is 10.2 Å². The molecule has 10 heavy (non-hydrogen) atoms. The minimum atomic E-state index is -0.296. The molecule has 0 aromatic carbocycles. The molecule has 1 aromatic heterocycles. The van der Waals surface area contributed by atoms with Crippen molar-refractivity contribution >= 4 is 17.2 Å². The Morgan fingerprint density at radius 3 is 3.10 bits per heavy atom. The highest BCUT2D eigenvalue weighted by Crippen LogP contribution is 2.03. The lowest BCUT2D eigenvalue weighted by molar-refractivity contribution is -0.117. The smallest absolute Gasteiger partial charge is 0.217 e. The fourth-order valence-electron chi connectivity index (χ4n) is 0.535. The summed E-state index contributed by atoms with van der Waals surface area (Å²) in [6.07, 6.45) is 0.967. The molecule has 0 bridgehead atoms. The predicted octanol–water partition coefficient (Wildman–Crippen LogP) is -0.0440. The van der Waals surface area contributed by atoms with E-state index < -0.39 is 0 Å². The molecule has 0 atom stereocenters. The Morgan fingerprint density at radius 2 is 2.60 bits per heavy atom. The van der Waals surface area contributed by atoms with Crippen LogP contribution in [0.4, 0.5) is 0 Å². The highest BCUT2D eigenvalue weighted by Gasteiger charge is 1.98. The molecule has 0 spiro atoms. The van der Waals surface area contributed by atoms with Crippen LogP contribution >= 0.6 is 11.3 Å². The van der Waals surface area contributed by atoms with Gasteiger partial charge in [0.05, 0.1) is 0 Å². The summed E-state index contributed by atoms with van der Waals surface area (Å²) in [6, 6.07) is 0. The Kier molecular flexibility index (Phi) is 2.33. The molecule has 54 valence electrons. The Morgan fingerprint density at radius 1 is 1.80 bits per heavy atom. The molecule has 0 unspecified atom stereocenters. The second kappa shape index (κ2) is 3.26. The predicted molar refractivity (Wildman–Crippen MR) is 37.4 cm³/mol. The summed E-state index contributed by atoms with van der Waals surface area (Å²) >= 11 is 1.43. The van der Waals surface area contributed by atoms with Crippen LogP contribution in [0.5, 0.6) is 0 Å². The third-order valence-corrected chi connectivity index (χ3v) is 1.75. The van der Waals surface area contributed by atoms with Crippen LogP contribution < -0.4 is 5.73 Å². The summed E-state index contributed by atoms with van der Waals surface area (Å²) in [6.45, 7) is 0. The SMILES string of the molecule is NC(=O)CCc1nncs1. The van der Waals surface area contributed by atoms with Gasteiger partial charge in [-0.15, -0.1) is 21.5 Å². The van der Waals surface area contributed by atoms with Crippen molar-refractivity contribution in [3.63, 3.8) is 0 Å². The van der Waals surface area contributed by atoms with Gasteiger partial charge in [-0.05, 0) is 0 Å². The monoisotopic (exact) mass is 157 g/mol. The summed E-state index contributed by atoms with van der Waals surface area (Å²) in [7, 11) is 0. The van der Waals surface area contributed by atoms with Crippen molar-refractivity contribution in [2.24, 2.45) is 5.73 Å². The van der Waals surface area contributed by atoms with Crippen LogP contribution in [0.15, 0.2) is 5.51 Å². The normalized spacial score (nSPS) is 9.60. The fourth-order valence-corrected chi connectivity index (χ4v) is 1.07. The number of hydrogen-bond acceptors (Lipinski definition) is 4. The number of aromatic nitrogens is 2. The second-order valence-electron chi connectivity index (χ2n) is 1.80. The van der Waals surface area contributed by atoms with Crippen LogP contribution in [-0.4, -0.2) is 16.1 Å². The van der Waals surface area contributed by atoms with E-state index in [0.717, 1.165) is 5.01 Å². The summed E-state index contributed by atoms with van der Waals surface area (Å²) in [5.74, 6) is -0.296. The third kappa shape index (κ3) is 2.10. The average molecular weight is 157 g/mol. The molecule has 0 fully saturated rings. The number of amides is 1. The third-order valence-electron chi connectivity index (χ3n) is 0.990. The molecule has 1 heterocycles. The molecule has 4 nitrogen and oxygen atoms in total. The molecular formula is C5H7N3OS. The molecule has 0 aliphatic carbocycles. The molecule has 1 amide bonds. The maximum Gasteiger partial charge on any atom is 0.217 e. The maximum absolute atomic E-state index is 10.3. The zero-order chi connectivity index (χ0) is 7.40. The summed E-state index contributed by atoms with van der Waals surface area (Å²) in [5, 5.41) is 8.23. The molecular weight excluding hydrogens is 150 g/mol. The number of hydrogen-bond donors (Lipinski definition) is 1. The van der Waals surface area contributed by atoms with Gasteiger partial charge in [-0.25, -0.2) is 0 Å². The average Bonchev–Trinajstić information content (AvgIpc) is 2.34. The van der Waals surface area contributed by atoms with Crippen LogP contribution in [0.25, 0.3) is 0 Å². The fraction of sp³-hybridized carbons (Fsp3) is 0.400. The summed E-state index contributed by atoms with van der Waals surface area (Å²) in [5.41, 5.74) is 6.56. The number of nitrogens with zero attached hydrogens (tertiary/aromatic N) is 2. The summed E-state index contributed by atoms with van der Waals surface area (Å²) in [4.78, 5) is 10.3. The lowest BCUT2D eigenvalue weighted by Crippen LogP contribution is -2.10. The molecule has 0 aliphatic rings. The van der Waals surface area contributed by atoms with Crippen molar-refractivity contribution in [3.8, 4) is 0 Å². The first-order valence-electron chi connectivity index (χ1n) is 2.82. The molecule has 1 aromatic rings. The quantitative estimate of drug-likeness (QED) is 0.669. The van der Waals surface area contributed by atoms with Gasteiger partial charge >= 0.3 is 0 Å². The van der Waals surface area contributed by atoms with Gasteiger partial charge in [-0.1, -0.05) is 0 Å². The molecule has 0 saturated heterocycles. The number of nitrogens with two attached hydrogens (primary N) is 1. The van der Waals surface area contributed by atoms with Gasteiger partial charge in [0.2, 0.25) is 5.91 Å². The van der Waals surface area contributed by atoms with E-state index in [1.165, 1.54) is 11.3 Å². The minimum absolute atomic E-state index is 0.296. The lowest BCUT2D eigenvalue weighted by atomic mass is 10.3. The van der Waals surface area contributed by atoms with Crippen molar-refractivity contribution in [3.05, 3.63) is 10.5 Å². The van der Waals surface area contributed by atoms with Crippen molar-refractivity contribution in [1.29, 1.82) is 0 Å². The Balaban J connectivity index is 2.35. The van der Waals surface area contributed by atoms with Gasteiger partial charge < -0.3 is 5.73 Å². The van der Waals surface area contributed by atoms with Crippen LogP contribution in [0, 0.1) is 0 Å². The van der Waals surface area contributed by atoms with Gasteiger partial charge in [0, 0.05) is 12.8 Å². The van der Waals surface area contributed by atoms with Gasteiger partial charge in [-0.3, -0.25) is 4.79 Å². The first kappa shape index (κ1) is 7.14.